The molecule has 0 saturated heterocycles. The molecular formula is C19H20ClNO4S. The summed E-state index contributed by atoms with van der Waals surface area (Å²) in [5.41, 5.74) is 1.76. The normalized spacial score (nSPS) is 17.7. The van der Waals surface area contributed by atoms with Gasteiger partial charge in [0.2, 0.25) is 5.91 Å². The van der Waals surface area contributed by atoms with Crippen LogP contribution in [-0.4, -0.2) is 27.2 Å². The average molecular weight is 394 g/mol. The van der Waals surface area contributed by atoms with Crippen molar-refractivity contribution in [2.24, 2.45) is 5.92 Å². The minimum atomic E-state index is -3.23. The fraction of sp³-hybridized carbons (Fsp3) is 0.316. The molecule has 1 amide bonds. The van der Waals surface area contributed by atoms with Gasteiger partial charge in [-0.2, -0.15) is 0 Å². The monoisotopic (exact) mass is 393 g/mol. The SMILES string of the molecule is C[C@H](NC(=O)[C@@H]1COc2ccc(Cl)cc2C1)c1ccc(S(C)(=O)=O)cc1. The highest BCUT2D eigenvalue weighted by Gasteiger charge is 2.27. The Kier molecular flexibility index (Phi) is 5.25. The van der Waals surface area contributed by atoms with Gasteiger partial charge >= 0.3 is 0 Å². The third kappa shape index (κ3) is 4.19. The van der Waals surface area contributed by atoms with Crippen molar-refractivity contribution in [2.75, 3.05) is 12.9 Å². The largest absolute Gasteiger partial charge is 0.492 e. The summed E-state index contributed by atoms with van der Waals surface area (Å²) in [6, 6.07) is 11.7. The summed E-state index contributed by atoms with van der Waals surface area (Å²) in [5.74, 6) is 0.372. The lowest BCUT2D eigenvalue weighted by molar-refractivity contribution is -0.126. The molecule has 1 heterocycles. The number of benzene rings is 2. The fourth-order valence-corrected chi connectivity index (χ4v) is 3.77. The number of hydrogen-bond acceptors (Lipinski definition) is 4. The number of carbonyl (C=O) groups is 1. The lowest BCUT2D eigenvalue weighted by Crippen LogP contribution is -2.38. The second kappa shape index (κ2) is 7.29. The average Bonchev–Trinajstić information content (AvgIpc) is 2.60. The van der Waals surface area contributed by atoms with Crippen LogP contribution in [0.25, 0.3) is 0 Å². The number of amides is 1. The summed E-state index contributed by atoms with van der Waals surface area (Å²) in [6.45, 7) is 2.18. The lowest BCUT2D eigenvalue weighted by atomic mass is 9.95. The lowest BCUT2D eigenvalue weighted by Gasteiger charge is -2.26. The van der Waals surface area contributed by atoms with Crippen LogP contribution in [-0.2, 0) is 21.1 Å². The maximum absolute atomic E-state index is 12.6. The Bertz CT molecular complexity index is 925. The number of fused-ring (bicyclic) bond motifs is 1. The van der Waals surface area contributed by atoms with E-state index in [2.05, 4.69) is 5.32 Å². The first-order valence-electron chi connectivity index (χ1n) is 8.25. The summed E-state index contributed by atoms with van der Waals surface area (Å²) in [4.78, 5) is 12.8. The Hall–Kier alpha value is -2.05. The molecule has 0 unspecified atom stereocenters. The van der Waals surface area contributed by atoms with Crippen LogP contribution in [0.4, 0.5) is 0 Å². The molecule has 1 aliphatic rings. The quantitative estimate of drug-likeness (QED) is 0.865. The molecule has 1 aliphatic heterocycles. The molecule has 0 aromatic heterocycles. The molecule has 1 N–H and O–H groups in total. The van der Waals surface area contributed by atoms with E-state index in [9.17, 15) is 13.2 Å². The van der Waals surface area contributed by atoms with Crippen molar-refractivity contribution in [3.8, 4) is 5.75 Å². The molecule has 2 atom stereocenters. The van der Waals surface area contributed by atoms with Gasteiger partial charge in [0.05, 0.1) is 16.9 Å². The zero-order valence-corrected chi connectivity index (χ0v) is 16.1. The molecular weight excluding hydrogens is 374 g/mol. The minimum Gasteiger partial charge on any atom is -0.492 e. The zero-order chi connectivity index (χ0) is 18.9. The van der Waals surface area contributed by atoms with E-state index in [0.717, 1.165) is 16.9 Å². The fourth-order valence-electron chi connectivity index (χ4n) is 2.95. The molecule has 2 aromatic rings. The van der Waals surface area contributed by atoms with Crippen molar-refractivity contribution in [1.29, 1.82) is 0 Å². The van der Waals surface area contributed by atoms with Crippen molar-refractivity contribution in [3.63, 3.8) is 0 Å². The first-order chi connectivity index (χ1) is 12.2. The van der Waals surface area contributed by atoms with E-state index in [1.165, 1.54) is 6.26 Å². The van der Waals surface area contributed by atoms with Crippen LogP contribution < -0.4 is 10.1 Å². The number of rotatable bonds is 4. The first-order valence-corrected chi connectivity index (χ1v) is 10.5. The maximum atomic E-state index is 12.6. The van der Waals surface area contributed by atoms with Gasteiger partial charge in [-0.3, -0.25) is 4.79 Å². The topological polar surface area (TPSA) is 72.5 Å². The highest BCUT2D eigenvalue weighted by Crippen LogP contribution is 2.30. The molecule has 0 saturated carbocycles. The van der Waals surface area contributed by atoms with Gasteiger partial charge in [-0.05, 0) is 54.8 Å². The predicted molar refractivity (Wildman–Crippen MR) is 100 cm³/mol. The molecule has 0 spiro atoms. The molecule has 138 valence electrons. The van der Waals surface area contributed by atoms with Crippen molar-refractivity contribution >= 4 is 27.3 Å². The number of sulfone groups is 1. The Morgan fingerprint density at radius 1 is 1.23 bits per heavy atom. The Labute approximate surface area is 158 Å². The number of ether oxygens (including phenoxy) is 1. The van der Waals surface area contributed by atoms with E-state index >= 15 is 0 Å². The van der Waals surface area contributed by atoms with E-state index in [4.69, 9.17) is 16.3 Å². The maximum Gasteiger partial charge on any atom is 0.227 e. The molecule has 2 aromatic carbocycles. The van der Waals surface area contributed by atoms with Crippen molar-refractivity contribution in [3.05, 3.63) is 58.6 Å². The van der Waals surface area contributed by atoms with Gasteiger partial charge in [-0.25, -0.2) is 8.42 Å². The van der Waals surface area contributed by atoms with Crippen LogP contribution >= 0.6 is 11.6 Å². The van der Waals surface area contributed by atoms with Crippen LogP contribution in [0.3, 0.4) is 0 Å². The zero-order valence-electron chi connectivity index (χ0n) is 14.5. The highest BCUT2D eigenvalue weighted by molar-refractivity contribution is 7.90. The molecule has 0 bridgehead atoms. The Morgan fingerprint density at radius 3 is 2.58 bits per heavy atom. The molecule has 0 aliphatic carbocycles. The van der Waals surface area contributed by atoms with Gasteiger partial charge in [0.15, 0.2) is 9.84 Å². The predicted octanol–water partition coefficient (Wildman–Crippen LogP) is 3.17. The van der Waals surface area contributed by atoms with Gasteiger partial charge in [-0.15, -0.1) is 0 Å². The number of hydrogen-bond donors (Lipinski definition) is 1. The molecule has 3 rings (SSSR count). The summed E-state index contributed by atoms with van der Waals surface area (Å²) in [6.07, 6.45) is 1.74. The van der Waals surface area contributed by atoms with Crippen LogP contribution in [0.2, 0.25) is 5.02 Å². The number of nitrogens with one attached hydrogen (secondary N) is 1. The van der Waals surface area contributed by atoms with Gasteiger partial charge in [0.25, 0.3) is 0 Å². The van der Waals surface area contributed by atoms with Gasteiger partial charge in [0, 0.05) is 11.3 Å². The summed E-state index contributed by atoms with van der Waals surface area (Å²) in [7, 11) is -3.23. The molecule has 0 fully saturated rings. The summed E-state index contributed by atoms with van der Waals surface area (Å²) in [5, 5.41) is 3.59. The van der Waals surface area contributed by atoms with Gasteiger partial charge < -0.3 is 10.1 Å². The van der Waals surface area contributed by atoms with Gasteiger partial charge in [-0.1, -0.05) is 23.7 Å². The van der Waals surface area contributed by atoms with E-state index < -0.39 is 9.84 Å². The van der Waals surface area contributed by atoms with Crippen LogP contribution in [0.5, 0.6) is 5.75 Å². The second-order valence-electron chi connectivity index (χ2n) is 6.54. The van der Waals surface area contributed by atoms with E-state index in [1.54, 1.807) is 30.3 Å². The summed E-state index contributed by atoms with van der Waals surface area (Å²) >= 11 is 6.01. The third-order valence-corrected chi connectivity index (χ3v) is 5.83. The van der Waals surface area contributed by atoms with E-state index in [0.29, 0.717) is 18.1 Å². The highest BCUT2D eigenvalue weighted by atomic mass is 35.5. The minimum absolute atomic E-state index is 0.102. The molecule has 0 radical (unpaired) electrons. The van der Waals surface area contributed by atoms with Crippen molar-refractivity contribution in [1.82, 2.24) is 5.32 Å². The van der Waals surface area contributed by atoms with Gasteiger partial charge in [0.1, 0.15) is 12.4 Å². The van der Waals surface area contributed by atoms with Crippen LogP contribution in [0.1, 0.15) is 24.1 Å². The Balaban J connectivity index is 1.66. The smallest absolute Gasteiger partial charge is 0.227 e. The van der Waals surface area contributed by atoms with E-state index in [-0.39, 0.29) is 22.8 Å². The molecule has 7 heteroatoms. The van der Waals surface area contributed by atoms with Crippen molar-refractivity contribution < 1.29 is 17.9 Å². The number of carbonyl (C=O) groups excluding carboxylic acids is 1. The van der Waals surface area contributed by atoms with Crippen molar-refractivity contribution in [2.45, 2.75) is 24.3 Å². The number of halogens is 1. The van der Waals surface area contributed by atoms with Crippen LogP contribution in [0.15, 0.2) is 47.4 Å². The Morgan fingerprint density at radius 2 is 1.92 bits per heavy atom. The third-order valence-electron chi connectivity index (χ3n) is 4.47. The molecule has 26 heavy (non-hydrogen) atoms. The standard InChI is InChI=1S/C19H20ClNO4S/c1-12(13-3-6-17(7-4-13)26(2,23)24)21-19(22)15-9-14-10-16(20)5-8-18(14)25-11-15/h3-8,10,12,15H,9,11H2,1-2H3,(H,21,22)/t12-,15-/m0/s1. The summed E-state index contributed by atoms with van der Waals surface area (Å²) < 4.78 is 28.7. The second-order valence-corrected chi connectivity index (χ2v) is 8.99. The van der Waals surface area contributed by atoms with E-state index in [1.807, 2.05) is 19.1 Å². The van der Waals surface area contributed by atoms with Crippen LogP contribution in [0, 0.1) is 5.92 Å². The first kappa shape index (κ1) is 18.7. The molecule has 5 nitrogen and oxygen atoms in total.